The second kappa shape index (κ2) is 8.87. The molecule has 1 N–H and O–H groups in total. The molecule has 3 aromatic rings. The molecule has 1 amide bonds. The number of hydrogen-bond donors (Lipinski definition) is 1. The molecule has 0 unspecified atom stereocenters. The molecule has 0 atom stereocenters. The van der Waals surface area contributed by atoms with Crippen molar-refractivity contribution in [2.75, 3.05) is 6.54 Å². The number of hydrogen-bond acceptors (Lipinski definition) is 5. The van der Waals surface area contributed by atoms with Crippen molar-refractivity contribution in [3.05, 3.63) is 80.4 Å². The number of nitrogens with one attached hydrogen (secondary N) is 1. The van der Waals surface area contributed by atoms with E-state index in [-0.39, 0.29) is 12.2 Å². The van der Waals surface area contributed by atoms with Gasteiger partial charge >= 0.3 is 11.6 Å². The number of ether oxygens (including phenoxy) is 1. The highest BCUT2D eigenvalue weighted by molar-refractivity contribution is 6.32. The predicted octanol–water partition coefficient (Wildman–Crippen LogP) is 3.62. The van der Waals surface area contributed by atoms with Gasteiger partial charge in [-0.15, -0.1) is 0 Å². The molecule has 8 heteroatoms. The van der Waals surface area contributed by atoms with Crippen molar-refractivity contribution in [3.63, 3.8) is 0 Å². The molecule has 0 radical (unpaired) electrons. The molecule has 6 nitrogen and oxygen atoms in total. The van der Waals surface area contributed by atoms with E-state index in [4.69, 9.17) is 20.8 Å². The van der Waals surface area contributed by atoms with Crippen LogP contribution in [0.2, 0.25) is 5.02 Å². The summed E-state index contributed by atoms with van der Waals surface area (Å²) in [6.07, 6.45) is 0.669. The van der Waals surface area contributed by atoms with E-state index in [1.807, 2.05) is 6.92 Å². The first kappa shape index (κ1) is 20.5. The Morgan fingerprint density at radius 1 is 1.17 bits per heavy atom. The van der Waals surface area contributed by atoms with Gasteiger partial charge in [0, 0.05) is 27.6 Å². The third-order valence-corrected chi connectivity index (χ3v) is 4.60. The Labute approximate surface area is 170 Å². The molecular formula is C21H17ClFNO5. The van der Waals surface area contributed by atoms with E-state index < -0.39 is 29.9 Å². The lowest BCUT2D eigenvalue weighted by atomic mass is 10.1. The Morgan fingerprint density at radius 3 is 2.69 bits per heavy atom. The van der Waals surface area contributed by atoms with Crippen molar-refractivity contribution < 1.29 is 23.1 Å². The number of halogens is 2. The van der Waals surface area contributed by atoms with Gasteiger partial charge in [-0.05, 0) is 42.3 Å². The quantitative estimate of drug-likeness (QED) is 0.489. The number of carbonyl (C=O) groups excluding carboxylic acids is 2. The summed E-state index contributed by atoms with van der Waals surface area (Å²) in [6, 6.07) is 9.66. The van der Waals surface area contributed by atoms with E-state index in [1.54, 1.807) is 12.1 Å². The van der Waals surface area contributed by atoms with E-state index in [0.717, 1.165) is 11.6 Å². The maximum Gasteiger partial charge on any atom is 0.336 e. The summed E-state index contributed by atoms with van der Waals surface area (Å²) >= 11 is 6.23. The molecule has 29 heavy (non-hydrogen) atoms. The first-order chi connectivity index (χ1) is 13.9. The Kier molecular flexibility index (Phi) is 6.29. The van der Waals surface area contributed by atoms with Gasteiger partial charge < -0.3 is 14.5 Å². The SMILES string of the molecule is CCc1cc2oc(=O)cc(COC(=O)CNC(=O)c3cccc(F)c3)c2cc1Cl. The molecule has 0 fully saturated rings. The molecule has 0 bridgehead atoms. The van der Waals surface area contributed by atoms with Crippen molar-refractivity contribution in [3.8, 4) is 0 Å². The van der Waals surface area contributed by atoms with Gasteiger partial charge in [-0.1, -0.05) is 24.6 Å². The van der Waals surface area contributed by atoms with E-state index in [2.05, 4.69) is 5.32 Å². The van der Waals surface area contributed by atoms with Gasteiger partial charge in [-0.3, -0.25) is 9.59 Å². The fourth-order valence-electron chi connectivity index (χ4n) is 2.77. The molecule has 1 heterocycles. The molecule has 150 valence electrons. The van der Waals surface area contributed by atoms with E-state index >= 15 is 0 Å². The number of fused-ring (bicyclic) bond motifs is 1. The van der Waals surface area contributed by atoms with Crippen LogP contribution in [0.25, 0.3) is 11.0 Å². The molecule has 1 aromatic heterocycles. The van der Waals surface area contributed by atoms with Crippen LogP contribution in [-0.4, -0.2) is 18.4 Å². The highest BCUT2D eigenvalue weighted by Gasteiger charge is 2.13. The van der Waals surface area contributed by atoms with Crippen LogP contribution in [-0.2, 0) is 22.6 Å². The van der Waals surface area contributed by atoms with Crippen LogP contribution in [0.3, 0.4) is 0 Å². The fraction of sp³-hybridized carbons (Fsp3) is 0.190. The molecule has 3 rings (SSSR count). The summed E-state index contributed by atoms with van der Waals surface area (Å²) in [5.41, 5.74) is 1.13. The number of esters is 1. The first-order valence-corrected chi connectivity index (χ1v) is 9.19. The molecule has 0 aliphatic heterocycles. The smallest absolute Gasteiger partial charge is 0.336 e. The maximum absolute atomic E-state index is 13.2. The van der Waals surface area contributed by atoms with Crippen LogP contribution >= 0.6 is 11.6 Å². The lowest BCUT2D eigenvalue weighted by Gasteiger charge is -2.10. The van der Waals surface area contributed by atoms with Crippen molar-refractivity contribution in [1.29, 1.82) is 0 Å². The highest BCUT2D eigenvalue weighted by atomic mass is 35.5. The Morgan fingerprint density at radius 2 is 1.97 bits per heavy atom. The molecule has 0 saturated heterocycles. The van der Waals surface area contributed by atoms with Crippen molar-refractivity contribution in [1.82, 2.24) is 5.32 Å². The van der Waals surface area contributed by atoms with Crippen LogP contribution in [0.1, 0.15) is 28.4 Å². The Bertz CT molecular complexity index is 1140. The summed E-state index contributed by atoms with van der Waals surface area (Å²) in [5.74, 6) is -1.88. The summed E-state index contributed by atoms with van der Waals surface area (Å²) in [5, 5.41) is 3.43. The lowest BCUT2D eigenvalue weighted by Crippen LogP contribution is -2.30. The first-order valence-electron chi connectivity index (χ1n) is 8.82. The molecule has 2 aromatic carbocycles. The molecular weight excluding hydrogens is 401 g/mol. The zero-order chi connectivity index (χ0) is 21.0. The summed E-state index contributed by atoms with van der Waals surface area (Å²) < 4.78 is 23.5. The van der Waals surface area contributed by atoms with E-state index in [1.165, 1.54) is 24.3 Å². The van der Waals surface area contributed by atoms with Crippen LogP contribution in [0.4, 0.5) is 4.39 Å². The Balaban J connectivity index is 1.67. The van der Waals surface area contributed by atoms with Crippen LogP contribution in [0.15, 0.2) is 51.7 Å². The van der Waals surface area contributed by atoms with E-state index in [0.29, 0.717) is 28.0 Å². The third-order valence-electron chi connectivity index (χ3n) is 4.25. The van der Waals surface area contributed by atoms with Gasteiger partial charge in [0.1, 0.15) is 24.6 Å². The zero-order valence-corrected chi connectivity index (χ0v) is 16.2. The van der Waals surface area contributed by atoms with Crippen LogP contribution < -0.4 is 10.9 Å². The maximum atomic E-state index is 13.2. The second-order valence-corrected chi connectivity index (χ2v) is 6.64. The number of amides is 1. The van der Waals surface area contributed by atoms with Crippen LogP contribution in [0.5, 0.6) is 0 Å². The topological polar surface area (TPSA) is 85.6 Å². The third kappa shape index (κ3) is 5.00. The van der Waals surface area contributed by atoms with Gasteiger partial charge in [0.05, 0.1) is 0 Å². The second-order valence-electron chi connectivity index (χ2n) is 6.24. The van der Waals surface area contributed by atoms with Crippen molar-refractivity contribution in [2.24, 2.45) is 0 Å². The number of benzene rings is 2. The minimum absolute atomic E-state index is 0.0887. The number of rotatable bonds is 6. The lowest BCUT2D eigenvalue weighted by molar-refractivity contribution is -0.143. The fourth-order valence-corrected chi connectivity index (χ4v) is 3.07. The minimum Gasteiger partial charge on any atom is -0.459 e. The minimum atomic E-state index is -0.715. The van der Waals surface area contributed by atoms with Crippen LogP contribution in [0, 0.1) is 5.82 Å². The van der Waals surface area contributed by atoms with Gasteiger partial charge in [0.25, 0.3) is 5.91 Å². The van der Waals surface area contributed by atoms with Crippen molar-refractivity contribution in [2.45, 2.75) is 20.0 Å². The van der Waals surface area contributed by atoms with Gasteiger partial charge in [0.15, 0.2) is 0 Å². The summed E-state index contributed by atoms with van der Waals surface area (Å²) in [4.78, 5) is 35.7. The number of aryl methyl sites for hydroxylation is 1. The monoisotopic (exact) mass is 417 g/mol. The predicted molar refractivity (Wildman–Crippen MR) is 105 cm³/mol. The normalized spacial score (nSPS) is 10.7. The highest BCUT2D eigenvalue weighted by Crippen LogP contribution is 2.26. The Hall–Kier alpha value is -3.19. The summed E-state index contributed by atoms with van der Waals surface area (Å²) in [7, 11) is 0. The molecule has 0 saturated carbocycles. The average molecular weight is 418 g/mol. The van der Waals surface area contributed by atoms with E-state index in [9.17, 15) is 18.8 Å². The molecule has 0 spiro atoms. The number of carbonyl (C=O) groups is 2. The van der Waals surface area contributed by atoms with Gasteiger partial charge in [0.2, 0.25) is 0 Å². The summed E-state index contributed by atoms with van der Waals surface area (Å²) in [6.45, 7) is 1.32. The van der Waals surface area contributed by atoms with Crippen molar-refractivity contribution >= 4 is 34.4 Å². The zero-order valence-electron chi connectivity index (χ0n) is 15.5. The molecule has 0 aliphatic rings. The average Bonchev–Trinajstić information content (AvgIpc) is 2.70. The molecule has 0 aliphatic carbocycles. The standard InChI is InChI=1S/C21H17ClFNO5/c1-2-12-7-18-16(9-17(12)22)14(8-19(25)29-18)11-28-20(26)10-24-21(27)13-4-3-5-15(23)6-13/h3-9H,2,10-11H2,1H3,(H,24,27). The van der Waals surface area contributed by atoms with Gasteiger partial charge in [-0.2, -0.15) is 0 Å². The largest absolute Gasteiger partial charge is 0.459 e. The van der Waals surface area contributed by atoms with Gasteiger partial charge in [-0.25, -0.2) is 9.18 Å².